The number of carboxylic acid groups (broad SMARTS) is 1. The summed E-state index contributed by atoms with van der Waals surface area (Å²) >= 11 is 9.88. The molecule has 0 aliphatic rings. The number of ether oxygens (including phenoxy) is 3. The summed E-state index contributed by atoms with van der Waals surface area (Å²) in [6.07, 6.45) is 27.8. The third-order valence-electron chi connectivity index (χ3n) is 5.88. The average Bonchev–Trinajstić information content (AvgIpc) is 3.07. The molecule has 0 bridgehead atoms. The normalized spacial score (nSPS) is 9.23. The van der Waals surface area contributed by atoms with Crippen molar-refractivity contribution in [1.82, 2.24) is 0 Å². The second-order valence-corrected chi connectivity index (χ2v) is 12.5. The maximum Gasteiger partial charge on any atom is 0.335 e. The van der Waals surface area contributed by atoms with Crippen LogP contribution in [0.15, 0.2) is 76.2 Å². The Balaban J connectivity index is -0.000000639. The van der Waals surface area contributed by atoms with Crippen molar-refractivity contribution in [3.8, 4) is 18.1 Å². The Morgan fingerprint density at radius 2 is 1.06 bits per heavy atom. The predicted molar refractivity (Wildman–Crippen MR) is 205 cm³/mol. The van der Waals surface area contributed by atoms with Gasteiger partial charge in [0, 0.05) is 28.8 Å². The summed E-state index contributed by atoms with van der Waals surface area (Å²) in [4.78, 5) is 41.2. The first-order valence-corrected chi connectivity index (χ1v) is 18.2. The molecular formula is C37H51Br3O8. The zero-order chi connectivity index (χ0) is 37.0. The van der Waals surface area contributed by atoms with Crippen LogP contribution >= 0.6 is 47.8 Å². The second kappa shape index (κ2) is 36.9. The van der Waals surface area contributed by atoms with E-state index in [0.717, 1.165) is 29.1 Å². The van der Waals surface area contributed by atoms with Crippen LogP contribution in [0.1, 0.15) is 96.8 Å². The standard InChI is InChI=1S/C19H36O2.C9H5Br3O2.C6H6O2.C3H4O2/c1-3-5-6-7-8-9-10-11-12-13-14-15-16-17-18-21-19(20)4-2;1-2-8(13)14-9-6(11)3-5(10)4-7(9)12;1-3-5-8-6(7)4-2;1-2-3(4)5/h4H,2-3,5-18H2,1H3;2-4H,1H2;1,4H,2,5H2;2H,1H2,(H,4,5). The van der Waals surface area contributed by atoms with Gasteiger partial charge in [-0.2, -0.15) is 0 Å². The van der Waals surface area contributed by atoms with E-state index >= 15 is 0 Å². The van der Waals surface area contributed by atoms with Gasteiger partial charge in [-0.3, -0.25) is 0 Å². The van der Waals surface area contributed by atoms with Gasteiger partial charge in [-0.15, -0.1) is 6.42 Å². The Hall–Kier alpha value is -2.94. The number of rotatable bonds is 21. The van der Waals surface area contributed by atoms with Gasteiger partial charge >= 0.3 is 23.9 Å². The molecule has 48 heavy (non-hydrogen) atoms. The quantitative estimate of drug-likeness (QED) is 0.0427. The van der Waals surface area contributed by atoms with Crippen molar-refractivity contribution in [2.75, 3.05) is 13.2 Å². The van der Waals surface area contributed by atoms with Crippen LogP contribution < -0.4 is 4.74 Å². The molecule has 1 N–H and O–H groups in total. The van der Waals surface area contributed by atoms with Gasteiger partial charge in [0.2, 0.25) is 0 Å². The molecule has 0 aliphatic heterocycles. The summed E-state index contributed by atoms with van der Waals surface area (Å²) in [6, 6.07) is 3.58. The molecule has 1 aromatic rings. The number of carbonyl (C=O) groups is 4. The topological polar surface area (TPSA) is 116 Å². The summed E-state index contributed by atoms with van der Waals surface area (Å²) in [7, 11) is 0. The molecule has 0 aliphatic carbocycles. The van der Waals surface area contributed by atoms with Crippen molar-refractivity contribution >= 4 is 71.7 Å². The predicted octanol–water partition coefficient (Wildman–Crippen LogP) is 10.9. The number of hydrogen-bond acceptors (Lipinski definition) is 7. The highest BCUT2D eigenvalue weighted by molar-refractivity contribution is 9.11. The van der Waals surface area contributed by atoms with Gasteiger partial charge in [0.05, 0.1) is 15.6 Å². The van der Waals surface area contributed by atoms with E-state index < -0.39 is 17.9 Å². The highest BCUT2D eigenvalue weighted by atomic mass is 79.9. The molecule has 0 saturated heterocycles. The van der Waals surface area contributed by atoms with Gasteiger partial charge in [0.1, 0.15) is 0 Å². The van der Waals surface area contributed by atoms with Crippen molar-refractivity contribution in [2.45, 2.75) is 96.8 Å². The lowest BCUT2D eigenvalue weighted by Gasteiger charge is -2.06. The van der Waals surface area contributed by atoms with Gasteiger partial charge in [0.15, 0.2) is 12.4 Å². The molecule has 0 heterocycles. The first kappa shape index (κ1) is 49.4. The highest BCUT2D eigenvalue weighted by Crippen LogP contribution is 2.36. The third-order valence-corrected chi connectivity index (χ3v) is 7.52. The number of esters is 3. The number of hydrogen-bond donors (Lipinski definition) is 1. The zero-order valence-corrected chi connectivity index (χ0v) is 32.9. The zero-order valence-electron chi connectivity index (χ0n) is 28.1. The van der Waals surface area contributed by atoms with Crippen LogP contribution in [0.4, 0.5) is 0 Å². The van der Waals surface area contributed by atoms with E-state index in [1.807, 2.05) is 0 Å². The maximum atomic E-state index is 11.0. The van der Waals surface area contributed by atoms with Crippen LogP contribution in [0.2, 0.25) is 0 Å². The molecule has 0 spiro atoms. The number of halogens is 3. The molecule has 0 unspecified atom stereocenters. The van der Waals surface area contributed by atoms with E-state index in [0.29, 0.717) is 21.3 Å². The van der Waals surface area contributed by atoms with Gasteiger partial charge in [-0.25, -0.2) is 19.2 Å². The van der Waals surface area contributed by atoms with Crippen LogP contribution in [-0.2, 0) is 28.7 Å². The molecule has 1 rings (SSSR count). The molecule has 0 radical (unpaired) electrons. The SMILES string of the molecule is C#CCOC(=O)C=C.C=CC(=O)O.C=CC(=O)OCCCCCCCCCCCCCCCC.C=CC(=O)Oc1c(Br)cc(Br)cc1Br. The lowest BCUT2D eigenvalue weighted by Crippen LogP contribution is -2.04. The number of carboxylic acids is 1. The molecule has 0 atom stereocenters. The van der Waals surface area contributed by atoms with Gasteiger partial charge < -0.3 is 19.3 Å². The minimum atomic E-state index is -0.981. The number of unbranched alkanes of at least 4 members (excludes halogenated alkanes) is 13. The van der Waals surface area contributed by atoms with Crippen LogP contribution in [0.3, 0.4) is 0 Å². The number of benzene rings is 1. The monoisotopic (exact) mass is 860 g/mol. The average molecular weight is 864 g/mol. The summed E-state index contributed by atoms with van der Waals surface area (Å²) in [6.45, 7) is 15.7. The van der Waals surface area contributed by atoms with Gasteiger partial charge in [-0.1, -0.05) is 139 Å². The van der Waals surface area contributed by atoms with Crippen molar-refractivity contribution < 1.29 is 38.5 Å². The van der Waals surface area contributed by atoms with E-state index in [1.165, 1.54) is 89.5 Å². The molecule has 0 aromatic heterocycles. The van der Waals surface area contributed by atoms with E-state index in [9.17, 15) is 19.2 Å². The van der Waals surface area contributed by atoms with E-state index in [4.69, 9.17) is 21.0 Å². The fourth-order valence-corrected chi connectivity index (χ4v) is 5.89. The molecule has 0 amide bonds. The molecule has 1 aromatic carbocycles. The van der Waals surface area contributed by atoms with E-state index in [1.54, 1.807) is 12.1 Å². The lowest BCUT2D eigenvalue weighted by atomic mass is 10.0. The Morgan fingerprint density at radius 3 is 1.42 bits per heavy atom. The maximum absolute atomic E-state index is 11.0. The lowest BCUT2D eigenvalue weighted by molar-refractivity contribution is -0.138. The molecule has 268 valence electrons. The third kappa shape index (κ3) is 35.9. The fourth-order valence-electron chi connectivity index (χ4n) is 3.47. The van der Waals surface area contributed by atoms with Crippen LogP contribution in [0.5, 0.6) is 5.75 Å². The molecule has 11 heteroatoms. The van der Waals surface area contributed by atoms with Crippen LogP contribution in [-0.4, -0.2) is 42.2 Å². The summed E-state index contributed by atoms with van der Waals surface area (Å²) in [5.74, 6) is 0.327. The number of carbonyl (C=O) groups excluding carboxylic acids is 3. The van der Waals surface area contributed by atoms with Crippen molar-refractivity contribution in [3.63, 3.8) is 0 Å². The Morgan fingerprint density at radius 1 is 0.688 bits per heavy atom. The van der Waals surface area contributed by atoms with Gasteiger partial charge in [-0.05, 0) is 50.4 Å². The Bertz CT molecular complexity index is 1120. The molecule has 0 saturated carbocycles. The molecule has 0 fully saturated rings. The molecular weight excluding hydrogens is 812 g/mol. The van der Waals surface area contributed by atoms with Gasteiger partial charge in [0.25, 0.3) is 0 Å². The molecule has 8 nitrogen and oxygen atoms in total. The number of aliphatic carboxylic acids is 1. The fraction of sp³-hybridized carbons (Fsp3) is 0.459. The van der Waals surface area contributed by atoms with E-state index in [2.05, 4.69) is 91.7 Å². The first-order chi connectivity index (χ1) is 22.9. The van der Waals surface area contributed by atoms with Crippen LogP contribution in [0.25, 0.3) is 0 Å². The largest absolute Gasteiger partial charge is 0.478 e. The summed E-state index contributed by atoms with van der Waals surface area (Å²) in [5.41, 5.74) is 0. The Kier molecular flexibility index (Phi) is 38.0. The van der Waals surface area contributed by atoms with Crippen LogP contribution in [0, 0.1) is 12.3 Å². The minimum absolute atomic E-state index is 0.0187. The minimum Gasteiger partial charge on any atom is -0.478 e. The van der Waals surface area contributed by atoms with E-state index in [-0.39, 0.29) is 12.6 Å². The highest BCUT2D eigenvalue weighted by Gasteiger charge is 2.10. The number of terminal acetylenes is 1. The smallest absolute Gasteiger partial charge is 0.335 e. The second-order valence-electron chi connectivity index (χ2n) is 9.85. The van der Waals surface area contributed by atoms with Crippen molar-refractivity contribution in [3.05, 3.63) is 76.2 Å². The summed E-state index contributed by atoms with van der Waals surface area (Å²) < 4.78 is 16.6. The first-order valence-electron chi connectivity index (χ1n) is 15.8. The van der Waals surface area contributed by atoms with Crippen molar-refractivity contribution in [1.29, 1.82) is 0 Å². The van der Waals surface area contributed by atoms with Crippen molar-refractivity contribution in [2.24, 2.45) is 0 Å². The Labute approximate surface area is 312 Å². The summed E-state index contributed by atoms with van der Waals surface area (Å²) in [5, 5.41) is 7.60.